The number of benzene rings is 3. The Balaban J connectivity index is 2.09. The van der Waals surface area contributed by atoms with Gasteiger partial charge >= 0.3 is 0 Å². The van der Waals surface area contributed by atoms with Gasteiger partial charge in [0.05, 0.1) is 24.8 Å². The summed E-state index contributed by atoms with van der Waals surface area (Å²) in [5.41, 5.74) is 1.04. The van der Waals surface area contributed by atoms with E-state index < -0.39 is 28.5 Å². The topological polar surface area (TPSA) is 105 Å². The van der Waals surface area contributed by atoms with E-state index in [9.17, 15) is 18.0 Å². The lowest BCUT2D eigenvalue weighted by molar-refractivity contribution is -0.140. The molecule has 1 N–H and O–H groups in total. The molecule has 41 heavy (non-hydrogen) atoms. The van der Waals surface area contributed by atoms with Gasteiger partial charge in [-0.15, -0.1) is 0 Å². The van der Waals surface area contributed by atoms with Gasteiger partial charge in [0.2, 0.25) is 11.8 Å². The molecule has 0 aromatic heterocycles. The summed E-state index contributed by atoms with van der Waals surface area (Å²) in [5.74, 6) is -0.0756. The molecular weight excluding hydrogens is 542 g/mol. The quantitative estimate of drug-likeness (QED) is 0.298. The molecule has 0 unspecified atom stereocenters. The Morgan fingerprint density at radius 3 is 2.02 bits per heavy atom. The Morgan fingerprint density at radius 1 is 0.854 bits per heavy atom. The number of ether oxygens (including phenoxy) is 2. The number of methoxy groups -OCH3 is 2. The molecule has 9 nitrogen and oxygen atoms in total. The van der Waals surface area contributed by atoms with Crippen molar-refractivity contribution in [3.8, 4) is 11.5 Å². The number of hydrogen-bond acceptors (Lipinski definition) is 6. The van der Waals surface area contributed by atoms with Crippen LogP contribution in [-0.2, 0) is 26.2 Å². The monoisotopic (exact) mass is 581 g/mol. The number of anilines is 1. The Morgan fingerprint density at radius 2 is 1.46 bits per heavy atom. The standard InChI is InChI=1S/C31H39N3O6S/c1-6-23(3)32-31(36)27(7-2)33(21-24-14-10-8-11-15-24)30(35)22-34(41(37,38)26-16-12-9-13-17-26)25-18-19-28(39-4)29(20-25)40-5/h8-20,23,27H,6-7,21-22H2,1-5H3,(H,32,36)/t23-,27-/m1/s1. The molecule has 0 spiro atoms. The van der Waals surface area contributed by atoms with Crippen LogP contribution in [0.2, 0.25) is 0 Å². The molecule has 0 saturated carbocycles. The van der Waals surface area contributed by atoms with Crippen molar-refractivity contribution >= 4 is 27.5 Å². The minimum absolute atomic E-state index is 0.0266. The average molecular weight is 582 g/mol. The molecule has 3 aromatic rings. The fourth-order valence-electron chi connectivity index (χ4n) is 4.37. The van der Waals surface area contributed by atoms with Crippen molar-refractivity contribution in [2.75, 3.05) is 25.1 Å². The molecule has 2 amide bonds. The van der Waals surface area contributed by atoms with E-state index in [0.29, 0.717) is 17.9 Å². The largest absolute Gasteiger partial charge is 0.493 e. The van der Waals surface area contributed by atoms with Crippen molar-refractivity contribution in [3.05, 3.63) is 84.4 Å². The third-order valence-corrected chi connectivity index (χ3v) is 8.64. The van der Waals surface area contributed by atoms with Crippen LogP contribution in [0.15, 0.2) is 83.8 Å². The zero-order valence-corrected chi connectivity index (χ0v) is 25.1. The maximum Gasteiger partial charge on any atom is 0.264 e. The summed E-state index contributed by atoms with van der Waals surface area (Å²) in [5, 5.41) is 2.98. The number of rotatable bonds is 14. The summed E-state index contributed by atoms with van der Waals surface area (Å²) in [6.45, 7) is 5.30. The molecule has 0 saturated heterocycles. The van der Waals surface area contributed by atoms with E-state index in [4.69, 9.17) is 9.47 Å². The van der Waals surface area contributed by atoms with Gasteiger partial charge in [0.25, 0.3) is 10.0 Å². The molecule has 0 aliphatic rings. The number of amides is 2. The second-order valence-corrected chi connectivity index (χ2v) is 11.5. The van der Waals surface area contributed by atoms with E-state index >= 15 is 0 Å². The van der Waals surface area contributed by atoms with E-state index in [1.807, 2.05) is 51.1 Å². The molecule has 2 atom stereocenters. The molecule has 0 heterocycles. The maximum absolute atomic E-state index is 14.1. The van der Waals surface area contributed by atoms with Crippen molar-refractivity contribution in [3.63, 3.8) is 0 Å². The van der Waals surface area contributed by atoms with Gasteiger partial charge in [-0.1, -0.05) is 62.4 Å². The second-order valence-electron chi connectivity index (χ2n) is 9.61. The zero-order chi connectivity index (χ0) is 30.0. The van der Waals surface area contributed by atoms with Gasteiger partial charge in [-0.2, -0.15) is 0 Å². The van der Waals surface area contributed by atoms with E-state index in [1.165, 1.54) is 37.3 Å². The highest BCUT2D eigenvalue weighted by Crippen LogP contribution is 2.34. The second kappa shape index (κ2) is 14.5. The van der Waals surface area contributed by atoms with Crippen molar-refractivity contribution in [2.24, 2.45) is 0 Å². The highest BCUT2D eigenvalue weighted by Gasteiger charge is 2.34. The lowest BCUT2D eigenvalue weighted by Crippen LogP contribution is -2.53. The van der Waals surface area contributed by atoms with E-state index in [1.54, 1.807) is 30.3 Å². The molecule has 0 bridgehead atoms. The predicted molar refractivity (Wildman–Crippen MR) is 159 cm³/mol. The Bertz CT molecular complexity index is 1400. The third kappa shape index (κ3) is 7.79. The normalized spacial score (nSPS) is 12.6. The van der Waals surface area contributed by atoms with E-state index in [2.05, 4.69) is 5.32 Å². The number of carbonyl (C=O) groups excluding carboxylic acids is 2. The Kier molecular flexibility index (Phi) is 11.2. The lowest BCUT2D eigenvalue weighted by atomic mass is 10.1. The minimum Gasteiger partial charge on any atom is -0.493 e. The summed E-state index contributed by atoms with van der Waals surface area (Å²) >= 11 is 0. The number of hydrogen-bond donors (Lipinski definition) is 1. The lowest BCUT2D eigenvalue weighted by Gasteiger charge is -2.33. The highest BCUT2D eigenvalue weighted by molar-refractivity contribution is 7.92. The van der Waals surface area contributed by atoms with Crippen molar-refractivity contribution in [1.82, 2.24) is 10.2 Å². The average Bonchev–Trinajstić information content (AvgIpc) is 3.00. The smallest absolute Gasteiger partial charge is 0.264 e. The van der Waals surface area contributed by atoms with Crippen LogP contribution >= 0.6 is 0 Å². The van der Waals surface area contributed by atoms with Crippen molar-refractivity contribution in [1.29, 1.82) is 0 Å². The summed E-state index contributed by atoms with van der Waals surface area (Å²) in [6.07, 6.45) is 1.08. The van der Waals surface area contributed by atoms with Crippen LogP contribution in [0.25, 0.3) is 0 Å². The first-order valence-corrected chi connectivity index (χ1v) is 15.0. The summed E-state index contributed by atoms with van der Waals surface area (Å²) in [6, 6.07) is 21.0. The Hall–Kier alpha value is -4.05. The van der Waals surface area contributed by atoms with Crippen LogP contribution in [-0.4, -0.2) is 58.0 Å². The Labute approximate surface area is 243 Å². The van der Waals surface area contributed by atoms with E-state index in [0.717, 1.165) is 16.3 Å². The van der Waals surface area contributed by atoms with Gasteiger partial charge in [-0.3, -0.25) is 13.9 Å². The molecule has 0 aliphatic carbocycles. The van der Waals surface area contributed by atoms with Gasteiger partial charge in [-0.25, -0.2) is 8.42 Å². The third-order valence-electron chi connectivity index (χ3n) is 6.85. The van der Waals surface area contributed by atoms with Gasteiger partial charge in [-0.05, 0) is 49.6 Å². The number of sulfonamides is 1. The predicted octanol–water partition coefficient (Wildman–Crippen LogP) is 4.62. The first-order valence-electron chi connectivity index (χ1n) is 13.6. The zero-order valence-electron chi connectivity index (χ0n) is 24.2. The van der Waals surface area contributed by atoms with Crippen LogP contribution in [0.4, 0.5) is 5.69 Å². The number of carbonyl (C=O) groups is 2. The maximum atomic E-state index is 14.1. The van der Waals surface area contributed by atoms with Crippen LogP contribution in [0.3, 0.4) is 0 Å². The molecule has 0 radical (unpaired) electrons. The van der Waals surface area contributed by atoms with Crippen LogP contribution in [0.5, 0.6) is 11.5 Å². The summed E-state index contributed by atoms with van der Waals surface area (Å²) < 4.78 is 39.7. The van der Waals surface area contributed by atoms with Gasteiger partial charge in [0.15, 0.2) is 11.5 Å². The van der Waals surface area contributed by atoms with Crippen LogP contribution in [0.1, 0.15) is 39.2 Å². The molecule has 0 fully saturated rings. The van der Waals surface area contributed by atoms with Crippen LogP contribution in [0, 0.1) is 0 Å². The number of nitrogens with one attached hydrogen (secondary N) is 1. The van der Waals surface area contributed by atoms with Gasteiger partial charge in [0.1, 0.15) is 12.6 Å². The van der Waals surface area contributed by atoms with E-state index in [-0.39, 0.29) is 29.1 Å². The van der Waals surface area contributed by atoms with Gasteiger partial charge < -0.3 is 19.7 Å². The fraction of sp³-hybridized carbons (Fsp3) is 0.355. The summed E-state index contributed by atoms with van der Waals surface area (Å²) in [7, 11) is -1.25. The number of nitrogens with zero attached hydrogens (tertiary/aromatic N) is 2. The first-order chi connectivity index (χ1) is 19.7. The highest BCUT2D eigenvalue weighted by atomic mass is 32.2. The van der Waals surface area contributed by atoms with Crippen molar-refractivity contribution in [2.45, 2.75) is 57.1 Å². The molecule has 3 rings (SSSR count). The molecule has 10 heteroatoms. The first kappa shape index (κ1) is 31.5. The molecule has 220 valence electrons. The summed E-state index contributed by atoms with van der Waals surface area (Å²) in [4.78, 5) is 29.0. The molecule has 3 aromatic carbocycles. The molecule has 0 aliphatic heterocycles. The van der Waals surface area contributed by atoms with Crippen molar-refractivity contribution < 1.29 is 27.5 Å². The minimum atomic E-state index is -4.19. The van der Waals surface area contributed by atoms with Gasteiger partial charge in [0, 0.05) is 18.7 Å². The molecular formula is C31H39N3O6S. The fourth-order valence-corrected chi connectivity index (χ4v) is 5.80. The SMILES string of the molecule is CC[C@@H](C)NC(=O)[C@@H](CC)N(Cc1ccccc1)C(=O)CN(c1ccc(OC)c(OC)c1)S(=O)(=O)c1ccccc1. The van der Waals surface area contributed by atoms with Crippen LogP contribution < -0.4 is 19.1 Å².